The summed E-state index contributed by atoms with van der Waals surface area (Å²) in [5.41, 5.74) is 5.45. The third kappa shape index (κ3) is 8.37. The Morgan fingerprint density at radius 3 is 2.57 bits per heavy atom. The number of rotatable bonds is 9. The van der Waals surface area contributed by atoms with Crippen molar-refractivity contribution < 1.29 is 9.47 Å². The zero-order valence-electron chi connectivity index (χ0n) is 8.99. The van der Waals surface area contributed by atoms with E-state index in [0.717, 1.165) is 13.1 Å². The molecule has 0 saturated heterocycles. The van der Waals surface area contributed by atoms with Crippen molar-refractivity contribution in [1.29, 1.82) is 0 Å². The Bertz CT molecular complexity index is 156. The fraction of sp³-hybridized carbons (Fsp3) is 0.889. The quantitative estimate of drug-likeness (QED) is 0.446. The molecule has 0 heterocycles. The predicted molar refractivity (Wildman–Crippen MR) is 61.6 cm³/mol. The second kappa shape index (κ2) is 9.33. The van der Waals surface area contributed by atoms with Crippen LogP contribution in [0.25, 0.3) is 0 Å². The summed E-state index contributed by atoms with van der Waals surface area (Å²) in [6.45, 7) is 6.51. The van der Waals surface area contributed by atoms with E-state index in [4.69, 9.17) is 27.4 Å². The SMILES string of the molecule is CCN(CCOCCOC)CC(N)=S. The largest absolute Gasteiger partial charge is 0.392 e. The van der Waals surface area contributed by atoms with Crippen LogP contribution in [0.1, 0.15) is 6.92 Å². The molecule has 0 aromatic rings. The van der Waals surface area contributed by atoms with Crippen molar-refractivity contribution in [3.8, 4) is 0 Å². The van der Waals surface area contributed by atoms with E-state index < -0.39 is 0 Å². The molecule has 0 aliphatic heterocycles. The van der Waals surface area contributed by atoms with Gasteiger partial charge in [0.1, 0.15) is 0 Å². The first kappa shape index (κ1) is 13.8. The number of ether oxygens (including phenoxy) is 2. The molecular weight excluding hydrogens is 200 g/mol. The summed E-state index contributed by atoms with van der Waals surface area (Å²) in [5.74, 6) is 0. The first-order valence-electron chi connectivity index (χ1n) is 4.78. The highest BCUT2D eigenvalue weighted by molar-refractivity contribution is 7.80. The van der Waals surface area contributed by atoms with Crippen LogP contribution in [-0.2, 0) is 9.47 Å². The van der Waals surface area contributed by atoms with Crippen LogP contribution in [0.4, 0.5) is 0 Å². The van der Waals surface area contributed by atoms with Gasteiger partial charge in [-0.3, -0.25) is 4.90 Å². The summed E-state index contributed by atoms with van der Waals surface area (Å²) in [4.78, 5) is 2.68. The number of hydrogen-bond acceptors (Lipinski definition) is 4. The standard InChI is InChI=1S/C9H20N2O2S/c1-3-11(8-9(10)14)4-5-13-7-6-12-2/h3-8H2,1-2H3,(H2,10,14). The number of nitrogens with zero attached hydrogens (tertiary/aromatic N) is 1. The Morgan fingerprint density at radius 2 is 2.07 bits per heavy atom. The molecule has 0 aromatic carbocycles. The number of nitrogens with two attached hydrogens (primary N) is 1. The van der Waals surface area contributed by atoms with Crippen LogP contribution in [0.15, 0.2) is 0 Å². The van der Waals surface area contributed by atoms with E-state index in [0.29, 0.717) is 31.4 Å². The van der Waals surface area contributed by atoms with E-state index in [2.05, 4.69) is 11.8 Å². The van der Waals surface area contributed by atoms with Gasteiger partial charge < -0.3 is 15.2 Å². The van der Waals surface area contributed by atoms with E-state index in [9.17, 15) is 0 Å². The zero-order chi connectivity index (χ0) is 10.8. The lowest BCUT2D eigenvalue weighted by Crippen LogP contribution is -2.35. The highest BCUT2D eigenvalue weighted by atomic mass is 32.1. The molecule has 0 aliphatic carbocycles. The Labute approximate surface area is 91.3 Å². The highest BCUT2D eigenvalue weighted by Gasteiger charge is 2.02. The predicted octanol–water partition coefficient (Wildman–Crippen LogP) is 0.257. The van der Waals surface area contributed by atoms with Gasteiger partial charge >= 0.3 is 0 Å². The topological polar surface area (TPSA) is 47.7 Å². The normalized spacial score (nSPS) is 10.8. The summed E-state index contributed by atoms with van der Waals surface area (Å²) in [7, 11) is 1.66. The molecule has 84 valence electrons. The first-order valence-corrected chi connectivity index (χ1v) is 5.18. The molecule has 14 heavy (non-hydrogen) atoms. The Hall–Kier alpha value is -0.230. The van der Waals surface area contributed by atoms with Crippen molar-refractivity contribution >= 4 is 17.2 Å². The molecular formula is C9H20N2O2S. The van der Waals surface area contributed by atoms with Crippen LogP contribution < -0.4 is 5.73 Å². The molecule has 0 bridgehead atoms. The number of hydrogen-bond donors (Lipinski definition) is 1. The zero-order valence-corrected chi connectivity index (χ0v) is 9.81. The van der Waals surface area contributed by atoms with Crippen LogP contribution in [0.5, 0.6) is 0 Å². The van der Waals surface area contributed by atoms with Gasteiger partial charge in [0.2, 0.25) is 0 Å². The first-order chi connectivity index (χ1) is 6.70. The molecule has 0 fully saturated rings. The Kier molecular flexibility index (Phi) is 9.18. The van der Waals surface area contributed by atoms with Crippen molar-refractivity contribution in [2.45, 2.75) is 6.92 Å². The van der Waals surface area contributed by atoms with Gasteiger partial charge in [-0.1, -0.05) is 19.1 Å². The molecule has 0 aromatic heterocycles. The van der Waals surface area contributed by atoms with Crippen molar-refractivity contribution in [3.63, 3.8) is 0 Å². The van der Waals surface area contributed by atoms with Crippen LogP contribution in [0.3, 0.4) is 0 Å². The summed E-state index contributed by atoms with van der Waals surface area (Å²) in [5, 5.41) is 0. The molecule has 0 radical (unpaired) electrons. The number of methoxy groups -OCH3 is 1. The smallest absolute Gasteiger partial charge is 0.0870 e. The molecule has 0 saturated carbocycles. The van der Waals surface area contributed by atoms with Gasteiger partial charge in [0, 0.05) is 20.2 Å². The minimum atomic E-state index is 0.531. The fourth-order valence-corrected chi connectivity index (χ4v) is 1.19. The van der Waals surface area contributed by atoms with Crippen LogP contribution in [-0.4, -0.2) is 56.5 Å². The van der Waals surface area contributed by atoms with Gasteiger partial charge in [-0.05, 0) is 6.54 Å². The lowest BCUT2D eigenvalue weighted by Gasteiger charge is -2.19. The second-order valence-corrected chi connectivity index (χ2v) is 3.46. The maximum absolute atomic E-state index is 5.45. The molecule has 0 rings (SSSR count). The monoisotopic (exact) mass is 220 g/mol. The number of thiocarbonyl (C=S) groups is 1. The molecule has 5 heteroatoms. The minimum Gasteiger partial charge on any atom is -0.392 e. The van der Waals surface area contributed by atoms with Gasteiger partial charge in [-0.15, -0.1) is 0 Å². The third-order valence-electron chi connectivity index (χ3n) is 1.81. The molecule has 0 atom stereocenters. The maximum atomic E-state index is 5.45. The molecule has 0 spiro atoms. The van der Waals surface area contributed by atoms with E-state index in [1.54, 1.807) is 7.11 Å². The van der Waals surface area contributed by atoms with E-state index >= 15 is 0 Å². The minimum absolute atomic E-state index is 0.531. The summed E-state index contributed by atoms with van der Waals surface area (Å²) in [6.07, 6.45) is 0. The van der Waals surface area contributed by atoms with Crippen LogP contribution >= 0.6 is 12.2 Å². The summed E-state index contributed by atoms with van der Waals surface area (Å²) in [6, 6.07) is 0. The van der Waals surface area contributed by atoms with Gasteiger partial charge in [0.25, 0.3) is 0 Å². The van der Waals surface area contributed by atoms with Gasteiger partial charge in [0.15, 0.2) is 0 Å². The molecule has 0 aliphatic rings. The second-order valence-electron chi connectivity index (χ2n) is 2.94. The molecule has 2 N–H and O–H groups in total. The fourth-order valence-electron chi connectivity index (χ4n) is 1.01. The van der Waals surface area contributed by atoms with Crippen molar-refractivity contribution in [1.82, 2.24) is 4.90 Å². The van der Waals surface area contributed by atoms with Gasteiger partial charge in [0.05, 0.1) is 24.8 Å². The Morgan fingerprint density at radius 1 is 1.36 bits per heavy atom. The maximum Gasteiger partial charge on any atom is 0.0870 e. The van der Waals surface area contributed by atoms with Crippen molar-refractivity contribution in [2.24, 2.45) is 5.73 Å². The third-order valence-corrected chi connectivity index (χ3v) is 1.94. The Balaban J connectivity index is 3.38. The molecule has 0 amide bonds. The lowest BCUT2D eigenvalue weighted by molar-refractivity contribution is 0.0600. The number of likely N-dealkylation sites (N-methyl/N-ethyl adjacent to an activating group) is 1. The van der Waals surface area contributed by atoms with Crippen LogP contribution in [0, 0.1) is 0 Å². The van der Waals surface area contributed by atoms with Crippen LogP contribution in [0.2, 0.25) is 0 Å². The van der Waals surface area contributed by atoms with E-state index in [1.165, 1.54) is 0 Å². The van der Waals surface area contributed by atoms with Crippen molar-refractivity contribution in [2.75, 3.05) is 46.6 Å². The van der Waals surface area contributed by atoms with Gasteiger partial charge in [-0.2, -0.15) is 0 Å². The van der Waals surface area contributed by atoms with E-state index in [1.807, 2.05) is 0 Å². The molecule has 4 nitrogen and oxygen atoms in total. The summed E-state index contributed by atoms with van der Waals surface area (Å²) < 4.78 is 10.2. The highest BCUT2D eigenvalue weighted by Crippen LogP contribution is 1.88. The van der Waals surface area contributed by atoms with Gasteiger partial charge in [-0.25, -0.2) is 0 Å². The van der Waals surface area contributed by atoms with Crippen molar-refractivity contribution in [3.05, 3.63) is 0 Å². The van der Waals surface area contributed by atoms with E-state index in [-0.39, 0.29) is 0 Å². The summed E-state index contributed by atoms with van der Waals surface area (Å²) >= 11 is 4.83. The molecule has 0 unspecified atom stereocenters. The lowest BCUT2D eigenvalue weighted by atomic mass is 10.4. The average Bonchev–Trinajstić information content (AvgIpc) is 2.15. The average molecular weight is 220 g/mol.